The maximum absolute atomic E-state index is 12.5. The van der Waals surface area contributed by atoms with Gasteiger partial charge in [-0.25, -0.2) is 13.1 Å². The van der Waals surface area contributed by atoms with Crippen LogP contribution in [0.3, 0.4) is 0 Å². The molecule has 0 fully saturated rings. The first-order chi connectivity index (χ1) is 15.4. The van der Waals surface area contributed by atoms with Crippen molar-refractivity contribution < 1.29 is 13.2 Å². The molecule has 1 aromatic heterocycles. The van der Waals surface area contributed by atoms with Gasteiger partial charge >= 0.3 is 0 Å². The fourth-order valence-corrected chi connectivity index (χ4v) is 5.57. The van der Waals surface area contributed by atoms with Gasteiger partial charge < -0.3 is 0 Å². The van der Waals surface area contributed by atoms with Crippen molar-refractivity contribution in [2.24, 2.45) is 0 Å². The average molecular weight is 472 g/mol. The van der Waals surface area contributed by atoms with Gasteiger partial charge in [0, 0.05) is 25.2 Å². The zero-order valence-electron chi connectivity index (χ0n) is 17.7. The molecule has 8 nitrogen and oxygen atoms in total. The van der Waals surface area contributed by atoms with Crippen LogP contribution >= 0.6 is 11.3 Å². The SMILES string of the molecule is Cc1ccc(C(=O)Nc2nnc(S(=O)(=O)NCCCN3CCc4ccccc4C3)s2)cc1. The molecule has 2 aromatic carbocycles. The molecule has 168 valence electrons. The van der Waals surface area contributed by atoms with Crippen molar-refractivity contribution in [3.05, 3.63) is 70.8 Å². The number of aromatic nitrogens is 2. The van der Waals surface area contributed by atoms with Crippen LogP contribution in [0.15, 0.2) is 52.9 Å². The summed E-state index contributed by atoms with van der Waals surface area (Å²) in [5.74, 6) is -0.360. The third-order valence-electron chi connectivity index (χ3n) is 5.32. The molecule has 1 amide bonds. The van der Waals surface area contributed by atoms with Crippen molar-refractivity contribution in [3.8, 4) is 0 Å². The van der Waals surface area contributed by atoms with E-state index in [4.69, 9.17) is 0 Å². The monoisotopic (exact) mass is 471 g/mol. The van der Waals surface area contributed by atoms with E-state index >= 15 is 0 Å². The lowest BCUT2D eigenvalue weighted by Gasteiger charge is -2.28. The Hall–Kier alpha value is -2.66. The molecule has 2 heterocycles. The van der Waals surface area contributed by atoms with Crippen LogP contribution in [0.5, 0.6) is 0 Å². The van der Waals surface area contributed by atoms with E-state index in [0.717, 1.165) is 43.0 Å². The summed E-state index contributed by atoms with van der Waals surface area (Å²) in [6.45, 7) is 4.92. The molecule has 0 radical (unpaired) electrons. The number of anilines is 1. The van der Waals surface area contributed by atoms with E-state index in [9.17, 15) is 13.2 Å². The fourth-order valence-electron chi connectivity index (χ4n) is 3.56. The number of nitrogens with one attached hydrogen (secondary N) is 2. The first-order valence-electron chi connectivity index (χ1n) is 10.4. The molecule has 0 bridgehead atoms. The minimum absolute atomic E-state index is 0.142. The van der Waals surface area contributed by atoms with Gasteiger partial charge in [0.1, 0.15) is 0 Å². The third kappa shape index (κ3) is 5.57. The minimum atomic E-state index is -3.77. The van der Waals surface area contributed by atoms with Gasteiger partial charge in [0.05, 0.1) is 0 Å². The second kappa shape index (κ2) is 9.86. The lowest BCUT2D eigenvalue weighted by atomic mass is 10.00. The standard InChI is InChI=1S/C22H25N5O3S2/c1-16-7-9-18(10-8-16)20(28)24-21-25-26-22(31-21)32(29,30)23-12-4-13-27-14-11-17-5-2-3-6-19(17)15-27/h2-3,5-10,23H,4,11-15H2,1H3,(H,24,25,28). The summed E-state index contributed by atoms with van der Waals surface area (Å²) >= 11 is 0.829. The molecule has 2 N–H and O–H groups in total. The Morgan fingerprint density at radius 1 is 1.09 bits per heavy atom. The third-order valence-corrected chi connectivity index (χ3v) is 7.99. The van der Waals surface area contributed by atoms with Gasteiger partial charge in [-0.2, -0.15) is 0 Å². The number of carbonyl (C=O) groups excluding carboxylic acids is 1. The predicted octanol–water partition coefficient (Wildman–Crippen LogP) is 2.83. The zero-order valence-corrected chi connectivity index (χ0v) is 19.4. The summed E-state index contributed by atoms with van der Waals surface area (Å²) < 4.78 is 27.5. The Labute approximate surface area is 191 Å². The van der Waals surface area contributed by atoms with E-state index in [2.05, 4.69) is 49.4 Å². The van der Waals surface area contributed by atoms with Crippen LogP contribution in [0.1, 0.15) is 33.5 Å². The first kappa shape index (κ1) is 22.5. The van der Waals surface area contributed by atoms with E-state index in [-0.39, 0.29) is 15.4 Å². The molecule has 10 heteroatoms. The van der Waals surface area contributed by atoms with Crippen LogP contribution in [0.25, 0.3) is 0 Å². The normalized spacial score (nSPS) is 14.2. The summed E-state index contributed by atoms with van der Waals surface area (Å²) in [6.07, 6.45) is 1.71. The van der Waals surface area contributed by atoms with Gasteiger partial charge in [-0.15, -0.1) is 10.2 Å². The Bertz CT molecular complexity index is 1190. The van der Waals surface area contributed by atoms with Crippen molar-refractivity contribution in [2.75, 3.05) is 25.0 Å². The number of fused-ring (bicyclic) bond motifs is 1. The molecular weight excluding hydrogens is 446 g/mol. The fraction of sp³-hybridized carbons (Fsp3) is 0.318. The van der Waals surface area contributed by atoms with Crippen molar-refractivity contribution in [1.82, 2.24) is 19.8 Å². The van der Waals surface area contributed by atoms with Crippen molar-refractivity contribution >= 4 is 32.4 Å². The highest BCUT2D eigenvalue weighted by Gasteiger charge is 2.21. The number of aryl methyl sites for hydroxylation is 1. The second-order valence-electron chi connectivity index (χ2n) is 7.74. The van der Waals surface area contributed by atoms with E-state index in [1.54, 1.807) is 12.1 Å². The molecule has 1 aliphatic rings. The predicted molar refractivity (Wildman–Crippen MR) is 124 cm³/mol. The Morgan fingerprint density at radius 2 is 1.84 bits per heavy atom. The zero-order chi connectivity index (χ0) is 22.6. The van der Waals surface area contributed by atoms with Gasteiger partial charge in [0.15, 0.2) is 0 Å². The van der Waals surface area contributed by atoms with Crippen LogP contribution < -0.4 is 10.0 Å². The van der Waals surface area contributed by atoms with E-state index in [0.29, 0.717) is 18.5 Å². The smallest absolute Gasteiger partial charge is 0.269 e. The first-order valence-corrected chi connectivity index (χ1v) is 12.7. The van der Waals surface area contributed by atoms with E-state index in [1.165, 1.54) is 11.1 Å². The number of rotatable bonds is 8. The molecule has 3 aromatic rings. The van der Waals surface area contributed by atoms with Crippen molar-refractivity contribution in [1.29, 1.82) is 0 Å². The Kier molecular flexibility index (Phi) is 6.95. The molecule has 32 heavy (non-hydrogen) atoms. The summed E-state index contributed by atoms with van der Waals surface area (Å²) in [4.78, 5) is 14.6. The van der Waals surface area contributed by atoms with Gasteiger partial charge in [-0.05, 0) is 49.6 Å². The number of benzene rings is 2. The molecule has 0 atom stereocenters. The van der Waals surface area contributed by atoms with E-state index < -0.39 is 10.0 Å². The Balaban J connectivity index is 1.26. The molecule has 0 saturated heterocycles. The quantitative estimate of drug-likeness (QED) is 0.387. The molecule has 1 aliphatic heterocycles. The topological polar surface area (TPSA) is 104 Å². The highest BCUT2D eigenvalue weighted by atomic mass is 32.2. The molecule has 0 unspecified atom stereocenters. The van der Waals surface area contributed by atoms with Crippen molar-refractivity contribution in [2.45, 2.75) is 30.6 Å². The molecule has 4 rings (SSSR count). The lowest BCUT2D eigenvalue weighted by molar-refractivity contribution is 0.102. The molecule has 0 spiro atoms. The van der Waals surface area contributed by atoms with Crippen molar-refractivity contribution in [3.63, 3.8) is 0 Å². The number of nitrogens with zero attached hydrogens (tertiary/aromatic N) is 3. The summed E-state index contributed by atoms with van der Waals surface area (Å²) in [6, 6.07) is 15.5. The minimum Gasteiger partial charge on any atom is -0.299 e. The molecule has 0 aliphatic carbocycles. The van der Waals surface area contributed by atoms with Crippen LogP contribution in [0.4, 0.5) is 5.13 Å². The van der Waals surface area contributed by atoms with Crippen LogP contribution in [0.2, 0.25) is 0 Å². The van der Waals surface area contributed by atoms with Gasteiger partial charge in [-0.3, -0.25) is 15.0 Å². The summed E-state index contributed by atoms with van der Waals surface area (Å²) in [7, 11) is -3.77. The number of sulfonamides is 1. The largest absolute Gasteiger partial charge is 0.299 e. The number of amides is 1. The molecular formula is C22H25N5O3S2. The van der Waals surface area contributed by atoms with Gasteiger partial charge in [0.25, 0.3) is 15.9 Å². The lowest BCUT2D eigenvalue weighted by Crippen LogP contribution is -2.33. The summed E-state index contributed by atoms with van der Waals surface area (Å²) in [5, 5.41) is 10.3. The summed E-state index contributed by atoms with van der Waals surface area (Å²) in [5.41, 5.74) is 4.25. The highest BCUT2D eigenvalue weighted by molar-refractivity contribution is 7.91. The van der Waals surface area contributed by atoms with Gasteiger partial charge in [-0.1, -0.05) is 53.3 Å². The second-order valence-corrected chi connectivity index (χ2v) is 10.7. The number of hydrogen-bond donors (Lipinski definition) is 2. The van der Waals surface area contributed by atoms with E-state index in [1.807, 2.05) is 19.1 Å². The highest BCUT2D eigenvalue weighted by Crippen LogP contribution is 2.21. The van der Waals surface area contributed by atoms with Crippen LogP contribution in [0, 0.1) is 6.92 Å². The maximum atomic E-state index is 12.5. The number of carbonyl (C=O) groups is 1. The van der Waals surface area contributed by atoms with Gasteiger partial charge in [0.2, 0.25) is 9.47 Å². The number of hydrogen-bond acceptors (Lipinski definition) is 7. The maximum Gasteiger partial charge on any atom is 0.269 e. The molecule has 0 saturated carbocycles. The van der Waals surface area contributed by atoms with Crippen LogP contribution in [-0.4, -0.2) is 49.1 Å². The Morgan fingerprint density at radius 3 is 2.62 bits per heavy atom. The average Bonchev–Trinajstić information content (AvgIpc) is 3.26. The van der Waals surface area contributed by atoms with Crippen LogP contribution in [-0.2, 0) is 23.0 Å².